The molecule has 0 amide bonds. The van der Waals surface area contributed by atoms with Gasteiger partial charge in [-0.2, -0.15) is 0 Å². The molecule has 0 aromatic heterocycles. The van der Waals surface area contributed by atoms with Crippen LogP contribution in [0.3, 0.4) is 0 Å². The molecule has 0 heterocycles. The van der Waals surface area contributed by atoms with E-state index in [9.17, 15) is 0 Å². The van der Waals surface area contributed by atoms with Crippen LogP contribution >= 0.6 is 0 Å². The minimum Gasteiger partial charge on any atom is -0.394 e. The zero-order valence-electron chi connectivity index (χ0n) is 13.6. The van der Waals surface area contributed by atoms with Crippen LogP contribution in [-0.2, 0) is 23.7 Å². The molecule has 0 radical (unpaired) electrons. The zero-order chi connectivity index (χ0) is 16.7. The van der Waals surface area contributed by atoms with E-state index in [2.05, 4.69) is 0 Å². The van der Waals surface area contributed by atoms with Gasteiger partial charge in [0, 0.05) is 6.61 Å². The van der Waals surface area contributed by atoms with E-state index in [1.54, 1.807) is 0 Å². The zero-order valence-corrected chi connectivity index (χ0v) is 13.6. The van der Waals surface area contributed by atoms with E-state index >= 15 is 0 Å². The fraction of sp³-hybridized carbons (Fsp3) is 1.00. The summed E-state index contributed by atoms with van der Waals surface area (Å²) in [7, 11) is 0. The predicted molar refractivity (Wildman–Crippen MR) is 81.0 cm³/mol. The molecule has 3 N–H and O–H groups in total. The van der Waals surface area contributed by atoms with Gasteiger partial charge in [-0.05, 0) is 6.92 Å². The van der Waals surface area contributed by atoms with E-state index in [0.29, 0.717) is 59.5 Å². The molecule has 0 spiro atoms. The van der Waals surface area contributed by atoms with Gasteiger partial charge in [-0.25, -0.2) is 0 Å². The van der Waals surface area contributed by atoms with Crippen molar-refractivity contribution in [3.8, 4) is 0 Å². The third-order valence-corrected chi connectivity index (χ3v) is 2.03. The monoisotopic (exact) mass is 328 g/mol. The maximum Gasteiger partial charge on any atom is 0.0701 e. The second-order valence-corrected chi connectivity index (χ2v) is 3.82. The van der Waals surface area contributed by atoms with Crippen LogP contribution in [0, 0.1) is 0 Å². The maximum atomic E-state index is 8.35. The summed E-state index contributed by atoms with van der Waals surface area (Å²) in [5.41, 5.74) is 0. The van der Waals surface area contributed by atoms with Gasteiger partial charge in [0.25, 0.3) is 0 Å². The standard InChI is InChI=1S/C8H18O4.C6H14O4/c1-2-10-5-6-12-8-7-11-4-3-9;7-1-3-9-5-6-10-4-2-8/h9H,2-8H2,1H3;7-8H,1-6H2. The van der Waals surface area contributed by atoms with Gasteiger partial charge in [0.15, 0.2) is 0 Å². The van der Waals surface area contributed by atoms with E-state index < -0.39 is 0 Å². The smallest absolute Gasteiger partial charge is 0.0701 e. The fourth-order valence-corrected chi connectivity index (χ4v) is 1.10. The Bertz CT molecular complexity index is 153. The van der Waals surface area contributed by atoms with Crippen LogP contribution in [0.4, 0.5) is 0 Å². The van der Waals surface area contributed by atoms with Gasteiger partial charge in [-0.3, -0.25) is 0 Å². The van der Waals surface area contributed by atoms with Gasteiger partial charge in [0.2, 0.25) is 0 Å². The number of hydrogen-bond donors (Lipinski definition) is 3. The molecular formula is C14H32O8. The van der Waals surface area contributed by atoms with Gasteiger partial charge in [0.05, 0.1) is 79.3 Å². The molecule has 0 saturated heterocycles. The molecule has 0 aliphatic carbocycles. The van der Waals surface area contributed by atoms with Crippen LogP contribution in [0.2, 0.25) is 0 Å². The lowest BCUT2D eigenvalue weighted by atomic mass is 10.7. The Kier molecular flexibility index (Phi) is 27.9. The van der Waals surface area contributed by atoms with E-state index in [-0.39, 0.29) is 19.8 Å². The van der Waals surface area contributed by atoms with Gasteiger partial charge in [-0.15, -0.1) is 0 Å². The lowest BCUT2D eigenvalue weighted by Crippen LogP contribution is -2.10. The highest BCUT2D eigenvalue weighted by Crippen LogP contribution is 1.80. The maximum absolute atomic E-state index is 8.35. The van der Waals surface area contributed by atoms with Crippen LogP contribution in [0.1, 0.15) is 6.92 Å². The van der Waals surface area contributed by atoms with Gasteiger partial charge in [-0.1, -0.05) is 0 Å². The number of rotatable bonds is 16. The minimum atomic E-state index is 0.0417. The second kappa shape index (κ2) is 25.6. The van der Waals surface area contributed by atoms with Gasteiger partial charge >= 0.3 is 0 Å². The lowest BCUT2D eigenvalue weighted by molar-refractivity contribution is 0.00965. The van der Waals surface area contributed by atoms with Crippen molar-refractivity contribution in [1.82, 2.24) is 0 Å². The largest absolute Gasteiger partial charge is 0.394 e. The Morgan fingerprint density at radius 1 is 0.455 bits per heavy atom. The molecule has 8 heteroatoms. The van der Waals surface area contributed by atoms with Crippen LogP contribution in [0.25, 0.3) is 0 Å². The Labute approximate surface area is 132 Å². The molecule has 22 heavy (non-hydrogen) atoms. The third-order valence-electron chi connectivity index (χ3n) is 2.03. The molecule has 0 aliphatic rings. The summed E-state index contributed by atoms with van der Waals surface area (Å²) in [6.45, 7) is 7.20. The van der Waals surface area contributed by atoms with Crippen molar-refractivity contribution < 1.29 is 39.0 Å². The van der Waals surface area contributed by atoms with Crippen molar-refractivity contribution in [1.29, 1.82) is 0 Å². The molecular weight excluding hydrogens is 296 g/mol. The van der Waals surface area contributed by atoms with Crippen LogP contribution < -0.4 is 0 Å². The Morgan fingerprint density at radius 2 is 0.727 bits per heavy atom. The summed E-state index contributed by atoms with van der Waals surface area (Å²) in [5.74, 6) is 0. The molecule has 0 aliphatic heterocycles. The molecule has 0 saturated carbocycles. The molecule has 0 aromatic rings. The normalized spacial score (nSPS) is 10.4. The minimum absolute atomic E-state index is 0.0417. The number of hydrogen-bond acceptors (Lipinski definition) is 8. The Morgan fingerprint density at radius 3 is 1.00 bits per heavy atom. The first kappa shape index (κ1) is 23.9. The van der Waals surface area contributed by atoms with Crippen LogP contribution in [0.15, 0.2) is 0 Å². The van der Waals surface area contributed by atoms with Crippen LogP contribution in [-0.4, -0.2) is 101 Å². The summed E-state index contributed by atoms with van der Waals surface area (Å²) < 4.78 is 24.9. The fourth-order valence-electron chi connectivity index (χ4n) is 1.10. The summed E-state index contributed by atoms with van der Waals surface area (Å²) >= 11 is 0. The van der Waals surface area contributed by atoms with E-state index in [1.165, 1.54) is 0 Å². The summed E-state index contributed by atoms with van der Waals surface area (Å²) in [5, 5.41) is 24.9. The molecule has 0 atom stereocenters. The molecule has 0 fully saturated rings. The SMILES string of the molecule is CCOCCOCCOCCO.OCCOCCOCCO. The molecule has 8 nitrogen and oxygen atoms in total. The number of ether oxygens (including phenoxy) is 5. The third kappa shape index (κ3) is 27.9. The van der Waals surface area contributed by atoms with Crippen LogP contribution in [0.5, 0.6) is 0 Å². The summed E-state index contributed by atoms with van der Waals surface area (Å²) in [6.07, 6.45) is 0. The molecule has 136 valence electrons. The second-order valence-electron chi connectivity index (χ2n) is 3.82. The highest BCUT2D eigenvalue weighted by atomic mass is 16.5. The number of aliphatic hydroxyl groups is 3. The summed E-state index contributed by atoms with van der Waals surface area (Å²) in [6, 6.07) is 0. The van der Waals surface area contributed by atoms with Crippen molar-refractivity contribution >= 4 is 0 Å². The van der Waals surface area contributed by atoms with E-state index in [0.717, 1.165) is 6.61 Å². The molecule has 0 rings (SSSR count). The van der Waals surface area contributed by atoms with Gasteiger partial charge in [0.1, 0.15) is 0 Å². The predicted octanol–water partition coefficient (Wildman–Crippen LogP) is -0.947. The van der Waals surface area contributed by atoms with E-state index in [4.69, 9.17) is 39.0 Å². The first-order valence-electron chi connectivity index (χ1n) is 7.54. The Balaban J connectivity index is 0. The quantitative estimate of drug-likeness (QED) is 0.311. The van der Waals surface area contributed by atoms with Crippen molar-refractivity contribution in [2.24, 2.45) is 0 Å². The van der Waals surface area contributed by atoms with Crippen molar-refractivity contribution in [2.45, 2.75) is 6.92 Å². The first-order chi connectivity index (χ1) is 10.8. The van der Waals surface area contributed by atoms with Gasteiger partial charge < -0.3 is 39.0 Å². The Hall–Kier alpha value is -0.320. The highest BCUT2D eigenvalue weighted by molar-refractivity contribution is 4.32. The van der Waals surface area contributed by atoms with Crippen molar-refractivity contribution in [3.63, 3.8) is 0 Å². The molecule has 0 aromatic carbocycles. The lowest BCUT2D eigenvalue weighted by Gasteiger charge is -2.04. The average Bonchev–Trinajstić information content (AvgIpc) is 2.54. The van der Waals surface area contributed by atoms with E-state index in [1.807, 2.05) is 6.92 Å². The summed E-state index contributed by atoms with van der Waals surface area (Å²) in [4.78, 5) is 0. The average molecular weight is 328 g/mol. The number of aliphatic hydroxyl groups excluding tert-OH is 3. The van der Waals surface area contributed by atoms with Crippen molar-refractivity contribution in [2.75, 3.05) is 85.9 Å². The topological polar surface area (TPSA) is 107 Å². The molecule has 0 bridgehead atoms. The first-order valence-corrected chi connectivity index (χ1v) is 7.54. The van der Waals surface area contributed by atoms with Crippen molar-refractivity contribution in [3.05, 3.63) is 0 Å². The molecule has 0 unspecified atom stereocenters. The highest BCUT2D eigenvalue weighted by Gasteiger charge is 1.89.